The highest BCUT2D eigenvalue weighted by atomic mass is 16.7. The minimum absolute atomic E-state index is 0.0215. The van der Waals surface area contributed by atoms with Crippen molar-refractivity contribution >= 4 is 17.9 Å². The van der Waals surface area contributed by atoms with Crippen LogP contribution in [0, 0.1) is 34.5 Å². The summed E-state index contributed by atoms with van der Waals surface area (Å²) in [5, 5.41) is 0. The maximum Gasteiger partial charge on any atom is 0.243 e. The summed E-state index contributed by atoms with van der Waals surface area (Å²) in [4.78, 5) is 36.6. The summed E-state index contributed by atoms with van der Waals surface area (Å²) < 4.78 is 11.2. The van der Waals surface area contributed by atoms with Crippen molar-refractivity contribution in [2.24, 2.45) is 22.7 Å². The van der Waals surface area contributed by atoms with Crippen molar-refractivity contribution < 1.29 is 23.9 Å². The van der Waals surface area contributed by atoms with E-state index >= 15 is 0 Å². The van der Waals surface area contributed by atoms with Crippen LogP contribution < -0.4 is 0 Å². The van der Waals surface area contributed by atoms with Gasteiger partial charge in [0.2, 0.25) is 5.79 Å². The van der Waals surface area contributed by atoms with Gasteiger partial charge in [-0.25, -0.2) is 0 Å². The Hall–Kier alpha value is -2.03. The number of ketones is 2. The number of aldehydes is 1. The van der Waals surface area contributed by atoms with Gasteiger partial charge in [-0.1, -0.05) is 24.0 Å². The van der Waals surface area contributed by atoms with E-state index in [0.717, 1.165) is 6.29 Å². The fraction of sp³-hybridized carbons (Fsp3) is 0.550. The smallest absolute Gasteiger partial charge is 0.243 e. The molecule has 5 nitrogen and oxygen atoms in total. The van der Waals surface area contributed by atoms with Crippen LogP contribution in [0.4, 0.5) is 0 Å². The molecule has 1 fully saturated rings. The fourth-order valence-electron chi connectivity index (χ4n) is 4.37. The number of hydrogen-bond donors (Lipinski definition) is 0. The standard InChI is InChI=1S/C20H22O5/c1-18(2,12-21)8-5-6-14-11-16(22)15-10-13-7-9-19(14,15)20(24-3,25-4)17(13)23/h7,9,11-13,15H,6,10H2,1-4H3/t13-,15+,19-/m1/s1. The quantitative estimate of drug-likeness (QED) is 0.338. The number of ether oxygens (including phenoxy) is 2. The summed E-state index contributed by atoms with van der Waals surface area (Å²) in [7, 11) is 2.87. The van der Waals surface area contributed by atoms with Crippen LogP contribution in [0.2, 0.25) is 0 Å². The van der Waals surface area contributed by atoms with Gasteiger partial charge in [-0.2, -0.15) is 0 Å². The van der Waals surface area contributed by atoms with E-state index in [2.05, 4.69) is 11.8 Å². The number of rotatable bonds is 4. The summed E-state index contributed by atoms with van der Waals surface area (Å²) in [6.07, 6.45) is 6.85. The number of carbonyl (C=O) groups excluding carboxylic acids is 3. The molecule has 0 aliphatic heterocycles. The Kier molecular flexibility index (Phi) is 4.09. The molecule has 0 saturated heterocycles. The van der Waals surface area contributed by atoms with Gasteiger partial charge in [-0.05, 0) is 31.9 Å². The lowest BCUT2D eigenvalue weighted by molar-refractivity contribution is -0.261. The highest BCUT2D eigenvalue weighted by molar-refractivity contribution is 6.04. The average molecular weight is 342 g/mol. The summed E-state index contributed by atoms with van der Waals surface area (Å²) in [6.45, 7) is 3.46. The number of Topliss-reactive ketones (excluding diaryl/α,β-unsaturated/α-hetero) is 1. The van der Waals surface area contributed by atoms with Gasteiger partial charge in [0.05, 0.1) is 10.8 Å². The number of carbonyl (C=O) groups is 3. The van der Waals surface area contributed by atoms with Crippen LogP contribution in [0.1, 0.15) is 26.7 Å². The molecule has 5 heteroatoms. The van der Waals surface area contributed by atoms with Crippen molar-refractivity contribution in [1.29, 1.82) is 0 Å². The van der Waals surface area contributed by atoms with E-state index in [1.165, 1.54) is 14.2 Å². The molecule has 0 aromatic heterocycles. The Bertz CT molecular complexity index is 757. The third-order valence-electron chi connectivity index (χ3n) is 5.59. The molecule has 0 radical (unpaired) electrons. The average Bonchev–Trinajstić information content (AvgIpc) is 2.89. The lowest BCUT2D eigenvalue weighted by atomic mass is 9.53. The molecule has 0 aromatic rings. The molecule has 0 N–H and O–H groups in total. The zero-order chi connectivity index (χ0) is 18.5. The molecule has 25 heavy (non-hydrogen) atoms. The Morgan fingerprint density at radius 1 is 1.32 bits per heavy atom. The summed E-state index contributed by atoms with van der Waals surface area (Å²) in [6, 6.07) is 0. The normalized spacial score (nSPS) is 32.1. The SMILES string of the molecule is COC1(OC)C(=O)[C@@H]2C=C[C@]13C(CC#CC(C)(C)C=O)=CC(=O)[C@@H]3C2. The van der Waals surface area contributed by atoms with E-state index in [4.69, 9.17) is 9.47 Å². The van der Waals surface area contributed by atoms with Crippen molar-refractivity contribution in [2.45, 2.75) is 32.5 Å². The second-order valence-corrected chi connectivity index (χ2v) is 7.40. The van der Waals surface area contributed by atoms with E-state index in [-0.39, 0.29) is 29.8 Å². The lowest BCUT2D eigenvalue weighted by Crippen LogP contribution is -2.66. The molecule has 3 atom stereocenters. The van der Waals surface area contributed by atoms with Crippen molar-refractivity contribution in [3.05, 3.63) is 23.8 Å². The van der Waals surface area contributed by atoms with Gasteiger partial charge < -0.3 is 14.3 Å². The molecule has 4 rings (SSSR count). The molecule has 4 aliphatic carbocycles. The van der Waals surface area contributed by atoms with Crippen molar-refractivity contribution in [3.8, 4) is 11.8 Å². The minimum Gasteiger partial charge on any atom is -0.346 e. The first kappa shape index (κ1) is 17.8. The monoisotopic (exact) mass is 342 g/mol. The second-order valence-electron chi connectivity index (χ2n) is 7.40. The van der Waals surface area contributed by atoms with E-state index in [1.807, 2.05) is 12.2 Å². The Morgan fingerprint density at radius 2 is 2.00 bits per heavy atom. The molecular formula is C20H22O5. The fourth-order valence-corrected chi connectivity index (χ4v) is 4.37. The highest BCUT2D eigenvalue weighted by Gasteiger charge is 2.71. The first-order valence-corrected chi connectivity index (χ1v) is 8.33. The zero-order valence-electron chi connectivity index (χ0n) is 14.9. The van der Waals surface area contributed by atoms with E-state index in [1.54, 1.807) is 19.9 Å². The molecule has 2 bridgehead atoms. The van der Waals surface area contributed by atoms with Crippen LogP contribution in [0.15, 0.2) is 23.8 Å². The third-order valence-corrected chi connectivity index (χ3v) is 5.59. The molecule has 0 unspecified atom stereocenters. The van der Waals surface area contributed by atoms with E-state index in [9.17, 15) is 14.4 Å². The van der Waals surface area contributed by atoms with Gasteiger partial charge in [0.1, 0.15) is 6.29 Å². The van der Waals surface area contributed by atoms with Crippen LogP contribution in [0.25, 0.3) is 0 Å². The predicted octanol–water partition coefficient (Wildman–Crippen LogP) is 1.86. The molecule has 132 valence electrons. The Labute approximate surface area is 147 Å². The van der Waals surface area contributed by atoms with Gasteiger partial charge in [0.15, 0.2) is 11.6 Å². The number of methoxy groups -OCH3 is 2. The van der Waals surface area contributed by atoms with Crippen molar-refractivity contribution in [2.75, 3.05) is 14.2 Å². The zero-order valence-corrected chi connectivity index (χ0v) is 14.9. The number of fused-ring (bicyclic) bond motifs is 1. The van der Waals surface area contributed by atoms with Gasteiger partial charge in [-0.15, -0.1) is 0 Å². The third kappa shape index (κ3) is 2.21. The maximum atomic E-state index is 12.9. The molecule has 1 saturated carbocycles. The summed E-state index contributed by atoms with van der Waals surface area (Å²) in [5.74, 6) is 3.47. The van der Waals surface area contributed by atoms with Crippen LogP contribution in [0.3, 0.4) is 0 Å². The number of hydrogen-bond acceptors (Lipinski definition) is 5. The second kappa shape index (κ2) is 5.76. The van der Waals surface area contributed by atoms with Crippen LogP contribution in [0.5, 0.6) is 0 Å². The molecule has 0 heterocycles. The summed E-state index contributed by atoms with van der Waals surface area (Å²) >= 11 is 0. The lowest BCUT2D eigenvalue weighted by Gasteiger charge is -2.55. The minimum atomic E-state index is -1.50. The topological polar surface area (TPSA) is 69.7 Å². The van der Waals surface area contributed by atoms with E-state index in [0.29, 0.717) is 12.0 Å². The van der Waals surface area contributed by atoms with Gasteiger partial charge >= 0.3 is 0 Å². The molecule has 4 aliphatic rings. The van der Waals surface area contributed by atoms with Gasteiger partial charge in [0.25, 0.3) is 0 Å². The molecule has 0 aromatic carbocycles. The number of allylic oxidation sites excluding steroid dienone is 2. The van der Waals surface area contributed by atoms with E-state index < -0.39 is 16.6 Å². The van der Waals surface area contributed by atoms with Crippen molar-refractivity contribution in [3.63, 3.8) is 0 Å². The van der Waals surface area contributed by atoms with Crippen LogP contribution in [-0.4, -0.2) is 37.9 Å². The Balaban J connectivity index is 2.08. The first-order chi connectivity index (χ1) is 11.8. The highest BCUT2D eigenvalue weighted by Crippen LogP contribution is 2.62. The molecule has 1 spiro atoms. The maximum absolute atomic E-state index is 12.9. The first-order valence-electron chi connectivity index (χ1n) is 8.33. The van der Waals surface area contributed by atoms with Crippen LogP contribution >= 0.6 is 0 Å². The Morgan fingerprint density at radius 3 is 2.60 bits per heavy atom. The summed E-state index contributed by atoms with van der Waals surface area (Å²) in [5.41, 5.74) is -1.00. The predicted molar refractivity (Wildman–Crippen MR) is 90.3 cm³/mol. The molecule has 0 amide bonds. The molecular weight excluding hydrogens is 320 g/mol. The van der Waals surface area contributed by atoms with Crippen LogP contribution in [-0.2, 0) is 23.9 Å². The van der Waals surface area contributed by atoms with Crippen molar-refractivity contribution in [1.82, 2.24) is 0 Å². The van der Waals surface area contributed by atoms with Gasteiger partial charge in [-0.3, -0.25) is 9.59 Å². The largest absolute Gasteiger partial charge is 0.346 e. The van der Waals surface area contributed by atoms with Gasteiger partial charge in [0, 0.05) is 32.5 Å².